The van der Waals surface area contributed by atoms with E-state index in [-0.39, 0.29) is 17.1 Å². The lowest BCUT2D eigenvalue weighted by Gasteiger charge is -2.20. The van der Waals surface area contributed by atoms with Crippen LogP contribution in [-0.4, -0.2) is 20.6 Å². The summed E-state index contributed by atoms with van der Waals surface area (Å²) in [5, 5.41) is 16.6. The lowest BCUT2D eigenvalue weighted by Crippen LogP contribution is -2.15. The second kappa shape index (κ2) is 5.81. The first-order chi connectivity index (χ1) is 9.82. The highest BCUT2D eigenvalue weighted by Gasteiger charge is 2.19. The predicted octanol–water partition coefficient (Wildman–Crippen LogP) is 3.36. The number of nitrogens with one attached hydrogen (secondary N) is 1. The van der Waals surface area contributed by atoms with Crippen LogP contribution in [-0.2, 0) is 11.8 Å². The molecule has 0 bridgehead atoms. The van der Waals surface area contributed by atoms with E-state index in [1.807, 2.05) is 13.0 Å². The number of amides is 1. The van der Waals surface area contributed by atoms with Crippen LogP contribution in [0.4, 0.5) is 5.69 Å². The van der Waals surface area contributed by atoms with E-state index >= 15 is 0 Å². The van der Waals surface area contributed by atoms with Crippen molar-refractivity contribution >= 4 is 23.1 Å². The second-order valence-electron chi connectivity index (χ2n) is 5.84. The smallest absolute Gasteiger partial charge is 0.269 e. The fraction of sp³-hybridized carbons (Fsp3) is 0.400. The standard InChI is InChI=1S/C15H19N3O2S/c1-5-10-13(21-18-17-10)14(20)16-11-8-9(15(2,3)4)6-7-12(11)19/h6-8,19H,5H2,1-4H3,(H,16,20). The third-order valence-electron chi connectivity index (χ3n) is 3.21. The van der Waals surface area contributed by atoms with Crippen molar-refractivity contribution in [3.63, 3.8) is 0 Å². The number of benzene rings is 1. The Morgan fingerprint density at radius 1 is 1.38 bits per heavy atom. The molecule has 2 rings (SSSR count). The highest BCUT2D eigenvalue weighted by atomic mass is 32.1. The molecule has 112 valence electrons. The highest BCUT2D eigenvalue weighted by molar-refractivity contribution is 7.08. The van der Waals surface area contributed by atoms with Crippen LogP contribution in [0, 0.1) is 0 Å². The molecule has 5 nitrogen and oxygen atoms in total. The number of phenols is 1. The van der Waals surface area contributed by atoms with Gasteiger partial charge in [0, 0.05) is 0 Å². The van der Waals surface area contributed by atoms with Gasteiger partial charge >= 0.3 is 0 Å². The summed E-state index contributed by atoms with van der Waals surface area (Å²) < 4.78 is 3.80. The maximum absolute atomic E-state index is 12.3. The fourth-order valence-corrected chi connectivity index (χ4v) is 2.54. The topological polar surface area (TPSA) is 75.1 Å². The molecule has 21 heavy (non-hydrogen) atoms. The van der Waals surface area contributed by atoms with Crippen LogP contribution in [0.2, 0.25) is 0 Å². The molecule has 2 aromatic rings. The summed E-state index contributed by atoms with van der Waals surface area (Å²) in [4.78, 5) is 12.8. The summed E-state index contributed by atoms with van der Waals surface area (Å²) in [6.07, 6.45) is 0.646. The molecule has 0 saturated carbocycles. The zero-order chi connectivity index (χ0) is 15.6. The summed E-state index contributed by atoms with van der Waals surface area (Å²) in [6, 6.07) is 5.26. The third kappa shape index (κ3) is 3.39. The third-order valence-corrected chi connectivity index (χ3v) is 3.97. The molecule has 1 aromatic carbocycles. The number of aromatic hydroxyl groups is 1. The first kappa shape index (κ1) is 15.4. The van der Waals surface area contributed by atoms with Gasteiger partial charge in [-0.15, -0.1) is 5.10 Å². The highest BCUT2D eigenvalue weighted by Crippen LogP contribution is 2.31. The largest absolute Gasteiger partial charge is 0.506 e. The van der Waals surface area contributed by atoms with E-state index < -0.39 is 0 Å². The minimum Gasteiger partial charge on any atom is -0.506 e. The number of rotatable bonds is 3. The molecule has 2 N–H and O–H groups in total. The molecule has 0 radical (unpaired) electrons. The summed E-state index contributed by atoms with van der Waals surface area (Å²) in [6.45, 7) is 8.15. The summed E-state index contributed by atoms with van der Waals surface area (Å²) in [5.41, 5.74) is 2.05. The van der Waals surface area contributed by atoms with Gasteiger partial charge in [0.15, 0.2) is 0 Å². The molecule has 6 heteroatoms. The van der Waals surface area contributed by atoms with Crippen LogP contribution >= 0.6 is 11.5 Å². The molecule has 0 aliphatic rings. The molecule has 0 unspecified atom stereocenters. The van der Waals surface area contributed by atoms with Gasteiger partial charge in [-0.3, -0.25) is 4.79 Å². The fourth-order valence-electron chi connectivity index (χ4n) is 1.89. The van der Waals surface area contributed by atoms with Crippen LogP contribution in [0.3, 0.4) is 0 Å². The molecule has 0 saturated heterocycles. The van der Waals surface area contributed by atoms with Gasteiger partial charge in [-0.1, -0.05) is 38.2 Å². The molecule has 1 heterocycles. The van der Waals surface area contributed by atoms with Gasteiger partial charge in [-0.05, 0) is 41.1 Å². The number of anilines is 1. The zero-order valence-corrected chi connectivity index (χ0v) is 13.4. The number of hydrogen-bond donors (Lipinski definition) is 2. The average molecular weight is 305 g/mol. The summed E-state index contributed by atoms with van der Waals surface area (Å²) in [7, 11) is 0. The Kier molecular flexibility index (Phi) is 4.27. The van der Waals surface area contributed by atoms with Gasteiger partial charge in [0.2, 0.25) is 0 Å². The number of aryl methyl sites for hydroxylation is 1. The number of phenolic OH excluding ortho intramolecular Hbond substituents is 1. The van der Waals surface area contributed by atoms with E-state index in [1.54, 1.807) is 12.1 Å². The first-order valence-corrected chi connectivity index (χ1v) is 7.56. The Bertz CT molecular complexity index is 659. The van der Waals surface area contributed by atoms with Crippen LogP contribution in [0.25, 0.3) is 0 Å². The lowest BCUT2D eigenvalue weighted by molar-refractivity contribution is 0.102. The number of carbonyl (C=O) groups excluding carboxylic acids is 1. The predicted molar refractivity (Wildman–Crippen MR) is 84.0 cm³/mol. The molecular formula is C15H19N3O2S. The van der Waals surface area contributed by atoms with Crippen molar-refractivity contribution in [3.05, 3.63) is 34.3 Å². The maximum atomic E-state index is 12.3. The Morgan fingerprint density at radius 3 is 2.71 bits per heavy atom. The molecule has 0 fully saturated rings. The van der Waals surface area contributed by atoms with Gasteiger partial charge in [-0.25, -0.2) is 0 Å². The van der Waals surface area contributed by atoms with Crippen molar-refractivity contribution in [3.8, 4) is 5.75 Å². The van der Waals surface area contributed by atoms with Gasteiger partial charge < -0.3 is 10.4 Å². The lowest BCUT2D eigenvalue weighted by atomic mass is 9.87. The number of nitrogens with zero attached hydrogens (tertiary/aromatic N) is 2. The minimum absolute atomic E-state index is 0.0480. The quantitative estimate of drug-likeness (QED) is 0.853. The van der Waals surface area contributed by atoms with Crippen LogP contribution < -0.4 is 5.32 Å². The number of aromatic nitrogens is 2. The number of carbonyl (C=O) groups is 1. The van der Waals surface area contributed by atoms with E-state index in [2.05, 4.69) is 35.7 Å². The number of hydrogen-bond acceptors (Lipinski definition) is 5. The van der Waals surface area contributed by atoms with Gasteiger partial charge in [0.1, 0.15) is 10.6 Å². The van der Waals surface area contributed by atoms with Gasteiger partial charge in [-0.2, -0.15) is 0 Å². The van der Waals surface area contributed by atoms with Crippen molar-refractivity contribution < 1.29 is 9.90 Å². The Hall–Kier alpha value is -1.95. The molecule has 0 spiro atoms. The van der Waals surface area contributed by atoms with E-state index in [4.69, 9.17) is 0 Å². The molecule has 0 aliphatic heterocycles. The normalized spacial score (nSPS) is 11.4. The van der Waals surface area contributed by atoms with Crippen molar-refractivity contribution in [2.45, 2.75) is 39.5 Å². The Labute approximate surface area is 128 Å². The van der Waals surface area contributed by atoms with Crippen LogP contribution in [0.1, 0.15) is 48.6 Å². The SMILES string of the molecule is CCc1nnsc1C(=O)Nc1cc(C(C)(C)C)ccc1O. The van der Waals surface area contributed by atoms with E-state index in [0.29, 0.717) is 22.7 Å². The maximum Gasteiger partial charge on any atom is 0.269 e. The summed E-state index contributed by atoms with van der Waals surface area (Å²) in [5.74, 6) is -0.241. The van der Waals surface area contributed by atoms with Crippen molar-refractivity contribution in [2.75, 3.05) is 5.32 Å². The van der Waals surface area contributed by atoms with Crippen molar-refractivity contribution in [1.82, 2.24) is 9.59 Å². The monoisotopic (exact) mass is 305 g/mol. The van der Waals surface area contributed by atoms with Crippen LogP contribution in [0.5, 0.6) is 5.75 Å². The molecular weight excluding hydrogens is 286 g/mol. The van der Waals surface area contributed by atoms with Gasteiger partial charge in [0.05, 0.1) is 11.4 Å². The van der Waals surface area contributed by atoms with Crippen LogP contribution in [0.15, 0.2) is 18.2 Å². The summed E-state index contributed by atoms with van der Waals surface area (Å²) >= 11 is 1.06. The molecule has 0 atom stereocenters. The Balaban J connectivity index is 2.29. The molecule has 1 amide bonds. The van der Waals surface area contributed by atoms with E-state index in [0.717, 1.165) is 17.1 Å². The van der Waals surface area contributed by atoms with E-state index in [9.17, 15) is 9.90 Å². The van der Waals surface area contributed by atoms with Crippen molar-refractivity contribution in [1.29, 1.82) is 0 Å². The average Bonchev–Trinajstić information content (AvgIpc) is 2.88. The second-order valence-corrected chi connectivity index (χ2v) is 6.59. The molecule has 0 aliphatic carbocycles. The van der Waals surface area contributed by atoms with Gasteiger partial charge in [0.25, 0.3) is 5.91 Å². The first-order valence-electron chi connectivity index (χ1n) is 6.79. The van der Waals surface area contributed by atoms with Crippen molar-refractivity contribution in [2.24, 2.45) is 0 Å². The zero-order valence-electron chi connectivity index (χ0n) is 12.6. The Morgan fingerprint density at radius 2 is 2.10 bits per heavy atom. The minimum atomic E-state index is -0.289. The van der Waals surface area contributed by atoms with E-state index in [1.165, 1.54) is 0 Å². The molecule has 1 aromatic heterocycles.